The highest BCUT2D eigenvalue weighted by atomic mass is 16.7. The summed E-state index contributed by atoms with van der Waals surface area (Å²) in [6, 6.07) is 17.0. The summed E-state index contributed by atoms with van der Waals surface area (Å²) in [4.78, 5) is 12.2. The van der Waals surface area contributed by atoms with Crippen LogP contribution in [0.1, 0.15) is 0 Å². The average molecular weight is 321 g/mol. The van der Waals surface area contributed by atoms with E-state index in [1.165, 1.54) is 0 Å². The molecule has 1 aromatic heterocycles. The summed E-state index contributed by atoms with van der Waals surface area (Å²) in [5.41, 5.74) is 2.53. The molecule has 0 radical (unpaired) electrons. The van der Waals surface area contributed by atoms with Gasteiger partial charge in [0.15, 0.2) is 11.5 Å². The summed E-state index contributed by atoms with van der Waals surface area (Å²) in [6.45, 7) is 0.351. The van der Waals surface area contributed by atoms with Gasteiger partial charge in [-0.3, -0.25) is 9.48 Å². The highest BCUT2D eigenvalue weighted by molar-refractivity contribution is 5.90. The molecule has 0 unspecified atom stereocenters. The minimum absolute atomic E-state index is 0.140. The van der Waals surface area contributed by atoms with Crippen molar-refractivity contribution in [2.24, 2.45) is 0 Å². The van der Waals surface area contributed by atoms with Gasteiger partial charge in [-0.1, -0.05) is 30.3 Å². The Kier molecular flexibility index (Phi) is 3.63. The summed E-state index contributed by atoms with van der Waals surface area (Å²) in [6.07, 6.45) is 1.79. The fourth-order valence-electron chi connectivity index (χ4n) is 2.53. The molecular weight excluding hydrogens is 306 g/mol. The van der Waals surface area contributed by atoms with Crippen LogP contribution in [0.3, 0.4) is 0 Å². The van der Waals surface area contributed by atoms with Crippen LogP contribution in [-0.2, 0) is 11.3 Å². The van der Waals surface area contributed by atoms with Crippen molar-refractivity contribution in [1.82, 2.24) is 9.78 Å². The molecule has 0 atom stereocenters. The van der Waals surface area contributed by atoms with Crippen molar-refractivity contribution < 1.29 is 14.3 Å². The van der Waals surface area contributed by atoms with E-state index in [-0.39, 0.29) is 19.2 Å². The Balaban J connectivity index is 1.42. The number of rotatable bonds is 4. The van der Waals surface area contributed by atoms with Crippen molar-refractivity contribution in [3.05, 3.63) is 60.8 Å². The molecule has 1 aliphatic heterocycles. The van der Waals surface area contributed by atoms with Gasteiger partial charge in [-0.05, 0) is 18.2 Å². The van der Waals surface area contributed by atoms with Gasteiger partial charge >= 0.3 is 0 Å². The molecule has 4 rings (SSSR count). The summed E-state index contributed by atoms with van der Waals surface area (Å²) < 4.78 is 12.2. The maximum Gasteiger partial charge on any atom is 0.246 e. The first-order chi connectivity index (χ1) is 11.8. The minimum Gasteiger partial charge on any atom is -0.454 e. The highest BCUT2D eigenvalue weighted by Gasteiger charge is 2.14. The molecule has 2 aromatic carbocycles. The summed E-state index contributed by atoms with van der Waals surface area (Å²) in [5.74, 6) is 1.17. The largest absolute Gasteiger partial charge is 0.454 e. The van der Waals surface area contributed by atoms with Crippen LogP contribution in [0.4, 0.5) is 5.69 Å². The van der Waals surface area contributed by atoms with Gasteiger partial charge in [0.1, 0.15) is 6.54 Å². The normalized spacial score (nSPS) is 12.2. The number of anilines is 1. The topological polar surface area (TPSA) is 65.4 Å². The smallest absolute Gasteiger partial charge is 0.246 e. The second kappa shape index (κ2) is 6.08. The van der Waals surface area contributed by atoms with Gasteiger partial charge < -0.3 is 14.8 Å². The third-order valence-corrected chi connectivity index (χ3v) is 3.67. The molecule has 6 heteroatoms. The van der Waals surface area contributed by atoms with Crippen molar-refractivity contribution >= 4 is 11.6 Å². The van der Waals surface area contributed by atoms with E-state index in [1.54, 1.807) is 29.1 Å². The third kappa shape index (κ3) is 2.94. The molecule has 1 aliphatic rings. The molecule has 6 nitrogen and oxygen atoms in total. The van der Waals surface area contributed by atoms with Gasteiger partial charge in [0.05, 0.1) is 5.69 Å². The number of benzene rings is 2. The van der Waals surface area contributed by atoms with E-state index in [2.05, 4.69) is 10.4 Å². The Bertz CT molecular complexity index is 874. The van der Waals surface area contributed by atoms with Crippen LogP contribution < -0.4 is 14.8 Å². The predicted molar refractivity (Wildman–Crippen MR) is 88.9 cm³/mol. The monoisotopic (exact) mass is 321 g/mol. The second-order valence-corrected chi connectivity index (χ2v) is 5.38. The lowest BCUT2D eigenvalue weighted by Crippen LogP contribution is -2.19. The Labute approximate surface area is 138 Å². The summed E-state index contributed by atoms with van der Waals surface area (Å²) in [7, 11) is 0. The second-order valence-electron chi connectivity index (χ2n) is 5.38. The lowest BCUT2D eigenvalue weighted by atomic mass is 10.2. The van der Waals surface area contributed by atoms with E-state index < -0.39 is 0 Å². The SMILES string of the molecule is O=C(Cn1ccc(-c2ccccc2)n1)Nc1ccc2c(c1)OCO2. The maximum absolute atomic E-state index is 12.2. The van der Waals surface area contributed by atoms with E-state index >= 15 is 0 Å². The molecule has 120 valence electrons. The molecule has 24 heavy (non-hydrogen) atoms. The van der Waals surface area contributed by atoms with Gasteiger partial charge in [-0.2, -0.15) is 5.10 Å². The number of ether oxygens (including phenoxy) is 2. The Morgan fingerprint density at radius 3 is 2.79 bits per heavy atom. The lowest BCUT2D eigenvalue weighted by molar-refractivity contribution is -0.116. The molecule has 0 fully saturated rings. The Morgan fingerprint density at radius 2 is 1.92 bits per heavy atom. The number of aromatic nitrogens is 2. The van der Waals surface area contributed by atoms with Crippen LogP contribution >= 0.6 is 0 Å². The van der Waals surface area contributed by atoms with E-state index in [0.29, 0.717) is 17.2 Å². The number of hydrogen-bond donors (Lipinski definition) is 1. The summed E-state index contributed by atoms with van der Waals surface area (Å²) >= 11 is 0. The quantitative estimate of drug-likeness (QED) is 0.802. The van der Waals surface area contributed by atoms with E-state index in [4.69, 9.17) is 9.47 Å². The first kappa shape index (κ1) is 14.3. The van der Waals surface area contributed by atoms with Crippen molar-refractivity contribution in [3.63, 3.8) is 0 Å². The van der Waals surface area contributed by atoms with Crippen LogP contribution in [0.25, 0.3) is 11.3 Å². The third-order valence-electron chi connectivity index (χ3n) is 3.67. The zero-order valence-electron chi connectivity index (χ0n) is 12.8. The zero-order valence-corrected chi connectivity index (χ0v) is 12.8. The number of carbonyl (C=O) groups is 1. The Hall–Kier alpha value is -3.28. The van der Waals surface area contributed by atoms with Crippen LogP contribution in [0.15, 0.2) is 60.8 Å². The van der Waals surface area contributed by atoms with E-state index in [9.17, 15) is 4.79 Å². The molecular formula is C18H15N3O3. The Morgan fingerprint density at radius 1 is 1.08 bits per heavy atom. The first-order valence-electron chi connectivity index (χ1n) is 7.56. The standard InChI is InChI=1S/C18H15N3O3/c22-18(19-14-6-7-16-17(10-14)24-12-23-16)11-21-9-8-15(20-21)13-4-2-1-3-5-13/h1-10H,11-12H2,(H,19,22). The molecule has 0 aliphatic carbocycles. The average Bonchev–Trinajstić information content (AvgIpc) is 3.24. The fraction of sp³-hybridized carbons (Fsp3) is 0.111. The number of nitrogens with zero attached hydrogens (tertiary/aromatic N) is 2. The van der Waals surface area contributed by atoms with Crippen LogP contribution in [-0.4, -0.2) is 22.5 Å². The number of carbonyl (C=O) groups excluding carboxylic acids is 1. The molecule has 3 aromatic rings. The van der Waals surface area contributed by atoms with E-state index in [1.807, 2.05) is 36.4 Å². The molecule has 0 saturated carbocycles. The van der Waals surface area contributed by atoms with Crippen molar-refractivity contribution in [2.75, 3.05) is 12.1 Å². The van der Waals surface area contributed by atoms with Gasteiger partial charge in [0, 0.05) is 23.5 Å². The molecule has 2 heterocycles. The van der Waals surface area contributed by atoms with Gasteiger partial charge in [0.2, 0.25) is 12.7 Å². The molecule has 0 bridgehead atoms. The zero-order chi connectivity index (χ0) is 16.4. The van der Waals surface area contributed by atoms with Crippen molar-refractivity contribution in [2.45, 2.75) is 6.54 Å². The molecule has 1 amide bonds. The summed E-state index contributed by atoms with van der Waals surface area (Å²) in [5, 5.41) is 7.26. The van der Waals surface area contributed by atoms with Gasteiger partial charge in [-0.25, -0.2) is 0 Å². The molecule has 0 spiro atoms. The number of nitrogens with one attached hydrogen (secondary N) is 1. The lowest BCUT2D eigenvalue weighted by Gasteiger charge is -2.06. The van der Waals surface area contributed by atoms with Crippen LogP contribution in [0, 0.1) is 0 Å². The highest BCUT2D eigenvalue weighted by Crippen LogP contribution is 2.34. The predicted octanol–water partition coefficient (Wildman–Crippen LogP) is 2.92. The van der Waals surface area contributed by atoms with Crippen LogP contribution in [0.5, 0.6) is 11.5 Å². The molecule has 0 saturated heterocycles. The maximum atomic E-state index is 12.2. The van der Waals surface area contributed by atoms with Crippen molar-refractivity contribution in [1.29, 1.82) is 0 Å². The van der Waals surface area contributed by atoms with Crippen LogP contribution in [0.2, 0.25) is 0 Å². The minimum atomic E-state index is -0.156. The number of amides is 1. The van der Waals surface area contributed by atoms with Gasteiger partial charge in [0.25, 0.3) is 0 Å². The first-order valence-corrected chi connectivity index (χ1v) is 7.56. The molecule has 1 N–H and O–H groups in total. The van der Waals surface area contributed by atoms with E-state index in [0.717, 1.165) is 11.3 Å². The fourth-order valence-corrected chi connectivity index (χ4v) is 2.53. The number of hydrogen-bond acceptors (Lipinski definition) is 4. The van der Waals surface area contributed by atoms with Gasteiger partial charge in [-0.15, -0.1) is 0 Å². The van der Waals surface area contributed by atoms with Crippen molar-refractivity contribution in [3.8, 4) is 22.8 Å². The number of fused-ring (bicyclic) bond motifs is 1.